The summed E-state index contributed by atoms with van der Waals surface area (Å²) in [6.45, 7) is 14.4. The molecule has 0 aromatic carbocycles. The second-order valence-electron chi connectivity index (χ2n) is 7.02. The van der Waals surface area contributed by atoms with Crippen LogP contribution in [0.25, 0.3) is 0 Å². The summed E-state index contributed by atoms with van der Waals surface area (Å²) in [7, 11) is 0. The van der Waals surface area contributed by atoms with E-state index in [2.05, 4.69) is 20.4 Å². The minimum absolute atomic E-state index is 0.0402. The molecule has 4 nitrogen and oxygen atoms in total. The van der Waals surface area contributed by atoms with Gasteiger partial charge in [-0.1, -0.05) is 44.6 Å². The van der Waals surface area contributed by atoms with Crippen molar-refractivity contribution in [1.82, 2.24) is 0 Å². The van der Waals surface area contributed by atoms with Gasteiger partial charge in [0, 0.05) is 23.5 Å². The molecule has 0 saturated carbocycles. The predicted molar refractivity (Wildman–Crippen MR) is 97.7 cm³/mol. The van der Waals surface area contributed by atoms with Gasteiger partial charge in [0.1, 0.15) is 6.10 Å². The summed E-state index contributed by atoms with van der Waals surface area (Å²) < 4.78 is 11.0. The van der Waals surface area contributed by atoms with Crippen molar-refractivity contribution in [2.45, 2.75) is 47.1 Å². The van der Waals surface area contributed by atoms with Crippen LogP contribution in [0.3, 0.4) is 0 Å². The molecule has 1 saturated heterocycles. The molecule has 3 unspecified atom stereocenters. The fraction of sp³-hybridized carbons (Fsp3) is 0.524. The molecule has 25 heavy (non-hydrogen) atoms. The lowest BCUT2D eigenvalue weighted by Gasteiger charge is -2.42. The first kappa shape index (κ1) is 19.2. The zero-order valence-corrected chi connectivity index (χ0v) is 15.8. The number of carbonyl (C=O) groups excluding carboxylic acids is 2. The minimum atomic E-state index is -0.484. The highest BCUT2D eigenvalue weighted by molar-refractivity contribution is 5.91. The van der Waals surface area contributed by atoms with Crippen LogP contribution in [0.5, 0.6) is 0 Å². The topological polar surface area (TPSA) is 52.6 Å². The van der Waals surface area contributed by atoms with Gasteiger partial charge in [-0.25, -0.2) is 9.59 Å². The maximum atomic E-state index is 12.2. The molecule has 0 radical (unpaired) electrons. The average Bonchev–Trinajstić information content (AvgIpc) is 2.56. The fourth-order valence-electron chi connectivity index (χ4n) is 3.44. The summed E-state index contributed by atoms with van der Waals surface area (Å²) in [5.41, 5.74) is 3.54. The van der Waals surface area contributed by atoms with Gasteiger partial charge in [-0.2, -0.15) is 0 Å². The van der Waals surface area contributed by atoms with Crippen molar-refractivity contribution >= 4 is 11.9 Å². The lowest BCUT2D eigenvalue weighted by molar-refractivity contribution is -0.146. The van der Waals surface area contributed by atoms with Gasteiger partial charge >= 0.3 is 11.9 Å². The van der Waals surface area contributed by atoms with Crippen molar-refractivity contribution in [3.8, 4) is 0 Å². The van der Waals surface area contributed by atoms with Gasteiger partial charge in [-0.15, -0.1) is 0 Å². The molecule has 1 fully saturated rings. The molecule has 4 heteroatoms. The van der Waals surface area contributed by atoms with Crippen LogP contribution in [0.1, 0.15) is 41.0 Å². The molecular weight excluding hydrogens is 316 g/mol. The molecule has 3 atom stereocenters. The molecular formula is C21H28O4. The Morgan fingerprint density at radius 3 is 2.72 bits per heavy atom. The SMILES string of the molecule is C=C1C(OC(=O)/C=C(\C)CC)C=C(C(C)C)C2/C(=C/C)C(=O)OCC12. The smallest absolute Gasteiger partial charge is 0.334 e. The number of esters is 2. The Labute approximate surface area is 150 Å². The molecule has 0 amide bonds. The van der Waals surface area contributed by atoms with Gasteiger partial charge in [-0.3, -0.25) is 0 Å². The molecule has 2 rings (SSSR count). The Kier molecular flexibility index (Phi) is 6.04. The molecule has 0 N–H and O–H groups in total. The standard InChI is InChI=1S/C21H28O4/c1-7-13(5)9-19(22)25-18-10-16(12(3)4)20-15(8-2)21(23)24-11-17(20)14(18)6/h8-10,12,17-18,20H,6-7,11H2,1-5H3/b13-9+,15-8-. The zero-order chi connectivity index (χ0) is 18.7. The van der Waals surface area contributed by atoms with Gasteiger partial charge in [0.2, 0.25) is 0 Å². The van der Waals surface area contributed by atoms with Crippen molar-refractivity contribution in [3.05, 3.63) is 47.1 Å². The number of fused-ring (bicyclic) bond motifs is 1. The van der Waals surface area contributed by atoms with Crippen LogP contribution in [0, 0.1) is 17.8 Å². The summed E-state index contributed by atoms with van der Waals surface area (Å²) in [6.07, 6.45) is 5.63. The monoisotopic (exact) mass is 344 g/mol. The predicted octanol–water partition coefficient (Wildman–Crippen LogP) is 4.14. The van der Waals surface area contributed by atoms with E-state index in [1.807, 2.05) is 32.9 Å². The maximum Gasteiger partial charge on any atom is 0.334 e. The second kappa shape index (κ2) is 7.85. The van der Waals surface area contributed by atoms with E-state index in [1.54, 1.807) is 0 Å². The van der Waals surface area contributed by atoms with E-state index in [0.29, 0.717) is 5.57 Å². The number of carbonyl (C=O) groups is 2. The average molecular weight is 344 g/mol. The van der Waals surface area contributed by atoms with Gasteiger partial charge in [0.15, 0.2) is 0 Å². The summed E-state index contributed by atoms with van der Waals surface area (Å²) >= 11 is 0. The van der Waals surface area contributed by atoms with Gasteiger partial charge in [0.05, 0.1) is 6.61 Å². The van der Waals surface area contributed by atoms with Crippen LogP contribution < -0.4 is 0 Å². The first-order valence-corrected chi connectivity index (χ1v) is 8.91. The highest BCUT2D eigenvalue weighted by Gasteiger charge is 2.44. The van der Waals surface area contributed by atoms with Crippen LogP contribution in [0.2, 0.25) is 0 Å². The van der Waals surface area contributed by atoms with E-state index < -0.39 is 6.10 Å². The van der Waals surface area contributed by atoms with Crippen molar-refractivity contribution in [3.63, 3.8) is 0 Å². The molecule has 0 aromatic heterocycles. The zero-order valence-electron chi connectivity index (χ0n) is 15.8. The molecule has 0 aromatic rings. The Hall–Kier alpha value is -2.10. The third kappa shape index (κ3) is 3.94. The van der Waals surface area contributed by atoms with Crippen molar-refractivity contribution in [2.24, 2.45) is 17.8 Å². The van der Waals surface area contributed by atoms with Gasteiger partial charge in [0.25, 0.3) is 0 Å². The fourth-order valence-corrected chi connectivity index (χ4v) is 3.44. The highest BCUT2D eigenvalue weighted by Crippen LogP contribution is 2.45. The normalized spacial score (nSPS) is 28.6. The van der Waals surface area contributed by atoms with E-state index in [0.717, 1.165) is 23.1 Å². The summed E-state index contributed by atoms with van der Waals surface area (Å²) in [5, 5.41) is 0. The molecule has 1 aliphatic heterocycles. The van der Waals surface area contributed by atoms with Crippen molar-refractivity contribution in [2.75, 3.05) is 6.61 Å². The number of rotatable bonds is 4. The Bertz CT molecular complexity index is 663. The largest absolute Gasteiger partial charge is 0.462 e. The van der Waals surface area contributed by atoms with Crippen LogP contribution in [-0.2, 0) is 19.1 Å². The number of cyclic esters (lactones) is 1. The second-order valence-corrected chi connectivity index (χ2v) is 7.02. The number of ether oxygens (including phenoxy) is 2. The minimum Gasteiger partial charge on any atom is -0.462 e. The van der Waals surface area contributed by atoms with E-state index >= 15 is 0 Å². The Morgan fingerprint density at radius 1 is 1.48 bits per heavy atom. The highest BCUT2D eigenvalue weighted by atomic mass is 16.5. The number of allylic oxidation sites excluding steroid dienone is 3. The van der Waals surface area contributed by atoms with Crippen molar-refractivity contribution < 1.29 is 19.1 Å². The first-order valence-electron chi connectivity index (χ1n) is 8.91. The van der Waals surface area contributed by atoms with Crippen LogP contribution in [0.4, 0.5) is 0 Å². The number of hydrogen-bond donors (Lipinski definition) is 0. The van der Waals surface area contributed by atoms with Crippen LogP contribution in [0.15, 0.2) is 47.1 Å². The maximum absolute atomic E-state index is 12.2. The molecule has 0 spiro atoms. The quantitative estimate of drug-likeness (QED) is 0.437. The summed E-state index contributed by atoms with van der Waals surface area (Å²) in [4.78, 5) is 24.3. The third-order valence-electron chi connectivity index (χ3n) is 5.05. The van der Waals surface area contributed by atoms with Crippen molar-refractivity contribution in [1.29, 1.82) is 0 Å². The lowest BCUT2D eigenvalue weighted by Crippen LogP contribution is -2.42. The Morgan fingerprint density at radius 2 is 2.16 bits per heavy atom. The van der Waals surface area contributed by atoms with Crippen LogP contribution in [-0.4, -0.2) is 24.6 Å². The van der Waals surface area contributed by atoms with E-state index in [4.69, 9.17) is 9.47 Å². The molecule has 1 aliphatic carbocycles. The molecule has 1 heterocycles. The van der Waals surface area contributed by atoms with Crippen LogP contribution >= 0.6 is 0 Å². The summed E-state index contributed by atoms with van der Waals surface area (Å²) in [5.74, 6) is -0.486. The van der Waals surface area contributed by atoms with Gasteiger partial charge < -0.3 is 9.47 Å². The first-order chi connectivity index (χ1) is 11.8. The summed E-state index contributed by atoms with van der Waals surface area (Å²) in [6, 6.07) is 0. The van der Waals surface area contributed by atoms with E-state index in [-0.39, 0.29) is 36.3 Å². The lowest BCUT2D eigenvalue weighted by atomic mass is 9.67. The molecule has 136 valence electrons. The third-order valence-corrected chi connectivity index (χ3v) is 5.05. The van der Waals surface area contributed by atoms with E-state index in [9.17, 15) is 9.59 Å². The number of hydrogen-bond acceptors (Lipinski definition) is 4. The molecule has 2 aliphatic rings. The Balaban J connectivity index is 2.37. The molecule has 0 bridgehead atoms. The van der Waals surface area contributed by atoms with Gasteiger partial charge in [-0.05, 0) is 37.8 Å². The van der Waals surface area contributed by atoms with E-state index in [1.165, 1.54) is 6.08 Å².